The van der Waals surface area contributed by atoms with Crippen molar-refractivity contribution < 1.29 is 37.3 Å². The molecule has 0 aromatic heterocycles. The van der Waals surface area contributed by atoms with Crippen molar-refractivity contribution in [3.05, 3.63) is 48.0 Å². The monoisotopic (exact) mass is 649 g/mol. The molecule has 0 saturated heterocycles. The molecule has 2 aliphatic heterocycles. The number of nitrogens with one attached hydrogen (secondary N) is 1. The van der Waals surface area contributed by atoms with E-state index < -0.39 is 33.9 Å². The molecule has 44 heavy (non-hydrogen) atoms. The molecular formula is C31H43N3O8S2. The number of thioether (sulfide) groups is 1. The third-order valence-corrected chi connectivity index (χ3v) is 9.68. The standard InChI is InChI=1S/C31H43N3O8S2/c1-20(2)15-34(44(37,38)25-11-12-28-29(14-25)41-19-40-28)16-27(35)26(33-30(36)42-31(4,5)6)13-22-7-9-24(10-8-22)39-17-23-18-43-21(3)32-23/h7-12,14,20,23,26-27,35H,13,15-19H2,1-6H3,(H,33,36)/t23?,26-,27+/m0/s1. The third kappa shape index (κ3) is 9.50. The minimum atomic E-state index is -4.03. The van der Waals surface area contributed by atoms with E-state index in [-0.39, 0.29) is 43.2 Å². The second-order valence-corrected chi connectivity index (χ2v) is 15.5. The van der Waals surface area contributed by atoms with Crippen molar-refractivity contribution >= 4 is 32.9 Å². The number of benzene rings is 2. The van der Waals surface area contributed by atoms with Crippen LogP contribution in [0, 0.1) is 5.92 Å². The van der Waals surface area contributed by atoms with Crippen molar-refractivity contribution in [2.45, 2.75) is 76.6 Å². The fraction of sp³-hybridized carbons (Fsp3) is 0.548. The summed E-state index contributed by atoms with van der Waals surface area (Å²) >= 11 is 1.72. The number of sulfonamides is 1. The fourth-order valence-electron chi connectivity index (χ4n) is 4.74. The third-order valence-electron chi connectivity index (χ3n) is 6.78. The zero-order valence-electron chi connectivity index (χ0n) is 26.1. The molecule has 2 aromatic carbocycles. The highest BCUT2D eigenvalue weighted by molar-refractivity contribution is 8.14. The molecule has 2 heterocycles. The zero-order chi connectivity index (χ0) is 32.1. The average Bonchev–Trinajstić information content (AvgIpc) is 3.58. The Morgan fingerprint density at radius 1 is 1.14 bits per heavy atom. The van der Waals surface area contributed by atoms with Gasteiger partial charge in [-0.05, 0) is 69.9 Å². The van der Waals surface area contributed by atoms with Crippen LogP contribution in [0.15, 0.2) is 52.4 Å². The van der Waals surface area contributed by atoms with Gasteiger partial charge in [0.2, 0.25) is 16.8 Å². The first kappa shape index (κ1) is 33.9. The molecule has 4 rings (SSSR count). The van der Waals surface area contributed by atoms with Gasteiger partial charge in [0.25, 0.3) is 0 Å². The van der Waals surface area contributed by atoms with Crippen molar-refractivity contribution in [3.8, 4) is 17.2 Å². The van der Waals surface area contributed by atoms with E-state index in [4.69, 9.17) is 18.9 Å². The van der Waals surface area contributed by atoms with Gasteiger partial charge in [-0.15, -0.1) is 11.8 Å². The number of aliphatic hydroxyl groups is 1. The maximum absolute atomic E-state index is 13.8. The van der Waals surface area contributed by atoms with E-state index in [1.165, 1.54) is 16.4 Å². The van der Waals surface area contributed by atoms with Crippen LogP contribution in [0.25, 0.3) is 0 Å². The summed E-state index contributed by atoms with van der Waals surface area (Å²) in [6.45, 7) is 11.4. The first-order valence-corrected chi connectivity index (χ1v) is 17.1. The summed E-state index contributed by atoms with van der Waals surface area (Å²) in [6.07, 6.45) is -1.74. The Morgan fingerprint density at radius 3 is 2.48 bits per heavy atom. The summed E-state index contributed by atoms with van der Waals surface area (Å²) in [6, 6.07) is 11.1. The Balaban J connectivity index is 1.51. The van der Waals surface area contributed by atoms with Gasteiger partial charge in [-0.3, -0.25) is 4.99 Å². The SMILES string of the molecule is CC1=NC(COc2ccc(C[C@H](NC(=O)OC(C)(C)C)[C@H](O)CN(CC(C)C)S(=O)(=O)c3ccc4c(c3)OCO4)cc2)CS1. The number of carbonyl (C=O) groups excluding carboxylic acids is 1. The van der Waals surface area contributed by atoms with E-state index in [0.29, 0.717) is 23.9 Å². The molecule has 2 aliphatic rings. The molecule has 11 nitrogen and oxygen atoms in total. The first-order valence-electron chi connectivity index (χ1n) is 14.7. The van der Waals surface area contributed by atoms with E-state index in [9.17, 15) is 18.3 Å². The second-order valence-electron chi connectivity index (χ2n) is 12.3. The number of carbonyl (C=O) groups is 1. The number of ether oxygens (including phenoxy) is 4. The number of hydrogen-bond acceptors (Lipinski definition) is 10. The second kappa shape index (κ2) is 14.4. The average molecular weight is 650 g/mol. The number of aliphatic imine (C=N–C) groups is 1. The van der Waals surface area contributed by atoms with Crippen LogP contribution >= 0.6 is 11.8 Å². The summed E-state index contributed by atoms with van der Waals surface area (Å²) in [7, 11) is -4.03. The minimum Gasteiger partial charge on any atom is -0.491 e. The molecule has 1 amide bonds. The van der Waals surface area contributed by atoms with Gasteiger partial charge in [-0.25, -0.2) is 13.2 Å². The number of aliphatic hydroxyl groups excluding tert-OH is 1. The van der Waals surface area contributed by atoms with Gasteiger partial charge in [-0.2, -0.15) is 4.31 Å². The van der Waals surface area contributed by atoms with Gasteiger partial charge < -0.3 is 29.4 Å². The van der Waals surface area contributed by atoms with Crippen molar-refractivity contribution in [2.24, 2.45) is 10.9 Å². The molecule has 0 fully saturated rings. The molecule has 0 aliphatic carbocycles. The van der Waals surface area contributed by atoms with E-state index in [0.717, 1.165) is 16.4 Å². The van der Waals surface area contributed by atoms with E-state index in [2.05, 4.69) is 10.3 Å². The lowest BCUT2D eigenvalue weighted by molar-refractivity contribution is 0.0400. The van der Waals surface area contributed by atoms with Crippen LogP contribution in [0.5, 0.6) is 17.2 Å². The van der Waals surface area contributed by atoms with Crippen molar-refractivity contribution in [3.63, 3.8) is 0 Å². The quantitative estimate of drug-likeness (QED) is 0.322. The highest BCUT2D eigenvalue weighted by atomic mass is 32.2. The van der Waals surface area contributed by atoms with Gasteiger partial charge in [-0.1, -0.05) is 26.0 Å². The highest BCUT2D eigenvalue weighted by Gasteiger charge is 2.33. The molecular weight excluding hydrogens is 606 g/mol. The number of fused-ring (bicyclic) bond motifs is 1. The molecule has 2 N–H and O–H groups in total. The van der Waals surface area contributed by atoms with Crippen molar-refractivity contribution in [1.29, 1.82) is 0 Å². The van der Waals surface area contributed by atoms with E-state index in [1.807, 2.05) is 45.0 Å². The van der Waals surface area contributed by atoms with Crippen molar-refractivity contribution in [1.82, 2.24) is 9.62 Å². The van der Waals surface area contributed by atoms with Gasteiger partial charge in [0.15, 0.2) is 11.5 Å². The summed E-state index contributed by atoms with van der Waals surface area (Å²) in [5.41, 5.74) is 0.0579. The Kier molecular flexibility index (Phi) is 11.1. The maximum atomic E-state index is 13.8. The van der Waals surface area contributed by atoms with Crippen molar-refractivity contribution in [2.75, 3.05) is 32.2 Å². The molecule has 13 heteroatoms. The predicted octanol–water partition coefficient (Wildman–Crippen LogP) is 4.47. The van der Waals surface area contributed by atoms with Gasteiger partial charge in [0, 0.05) is 24.9 Å². The number of nitrogens with zero attached hydrogens (tertiary/aromatic N) is 2. The van der Waals surface area contributed by atoms with Crippen LogP contribution < -0.4 is 19.5 Å². The Bertz CT molecular complexity index is 1420. The molecule has 0 radical (unpaired) electrons. The molecule has 0 bridgehead atoms. The fourth-order valence-corrected chi connectivity index (χ4v) is 7.21. The lowest BCUT2D eigenvalue weighted by Gasteiger charge is -2.31. The lowest BCUT2D eigenvalue weighted by Crippen LogP contribution is -2.51. The molecule has 242 valence electrons. The Morgan fingerprint density at radius 2 is 1.84 bits per heavy atom. The van der Waals surface area contributed by atoms with E-state index in [1.54, 1.807) is 38.6 Å². The predicted molar refractivity (Wildman–Crippen MR) is 170 cm³/mol. The van der Waals surface area contributed by atoms with Gasteiger partial charge in [0.05, 0.1) is 28.1 Å². The molecule has 2 aromatic rings. The number of amides is 1. The molecule has 0 saturated carbocycles. The van der Waals surface area contributed by atoms with Crippen LogP contribution in [0.2, 0.25) is 0 Å². The topological polar surface area (TPSA) is 136 Å². The highest BCUT2D eigenvalue weighted by Crippen LogP contribution is 2.35. The van der Waals surface area contributed by atoms with Crippen LogP contribution in [0.4, 0.5) is 4.79 Å². The van der Waals surface area contributed by atoms with Crippen LogP contribution in [0.3, 0.4) is 0 Å². The maximum Gasteiger partial charge on any atom is 0.407 e. The van der Waals surface area contributed by atoms with E-state index >= 15 is 0 Å². The molecule has 0 spiro atoms. The normalized spacial score (nSPS) is 17.8. The summed E-state index contributed by atoms with van der Waals surface area (Å²) in [5.74, 6) is 2.37. The van der Waals surface area contributed by atoms with Gasteiger partial charge in [0.1, 0.15) is 18.0 Å². The first-order chi connectivity index (χ1) is 20.7. The minimum absolute atomic E-state index is 0.0201. The Hall–Kier alpha value is -3.00. The summed E-state index contributed by atoms with van der Waals surface area (Å²) < 4.78 is 50.9. The zero-order valence-corrected chi connectivity index (χ0v) is 27.7. The number of alkyl carbamates (subject to hydrolysis) is 1. The Labute approximate surface area is 264 Å². The van der Waals surface area contributed by atoms with Crippen LogP contribution in [-0.4, -0.2) is 85.0 Å². The van der Waals surface area contributed by atoms with Crippen LogP contribution in [-0.2, 0) is 21.2 Å². The lowest BCUT2D eigenvalue weighted by atomic mass is 10.0. The largest absolute Gasteiger partial charge is 0.491 e. The number of rotatable bonds is 13. The summed E-state index contributed by atoms with van der Waals surface area (Å²) in [5, 5.41) is 15.3. The molecule has 1 unspecified atom stereocenters. The van der Waals surface area contributed by atoms with Gasteiger partial charge >= 0.3 is 6.09 Å². The molecule has 3 atom stereocenters. The summed E-state index contributed by atoms with van der Waals surface area (Å²) in [4.78, 5) is 17.4. The van der Waals surface area contributed by atoms with Crippen LogP contribution in [0.1, 0.15) is 47.1 Å². The number of hydrogen-bond donors (Lipinski definition) is 2. The smallest absolute Gasteiger partial charge is 0.407 e.